The van der Waals surface area contributed by atoms with E-state index in [9.17, 15) is 4.79 Å². The van der Waals surface area contributed by atoms with Gasteiger partial charge in [-0.1, -0.05) is 0 Å². The fourth-order valence-corrected chi connectivity index (χ4v) is 0.895. The number of hydrogen-bond acceptors (Lipinski definition) is 3. The van der Waals surface area contributed by atoms with E-state index in [0.29, 0.717) is 0 Å². The van der Waals surface area contributed by atoms with Crippen molar-refractivity contribution in [3.63, 3.8) is 0 Å². The molecule has 1 saturated heterocycles. The molecule has 0 saturated carbocycles. The highest BCUT2D eigenvalue weighted by Gasteiger charge is 2.20. The molecule has 0 spiro atoms. The molecule has 70 valence electrons. The van der Waals surface area contributed by atoms with Crippen LogP contribution >= 0.6 is 0 Å². The van der Waals surface area contributed by atoms with E-state index in [1.165, 1.54) is 0 Å². The Balaban J connectivity index is 0.000000261. The van der Waals surface area contributed by atoms with Crippen molar-refractivity contribution in [2.45, 2.75) is 25.8 Å². The van der Waals surface area contributed by atoms with Crippen LogP contribution in [0.4, 0.5) is 0 Å². The van der Waals surface area contributed by atoms with Crippen LogP contribution in [0, 0.1) is 0 Å². The van der Waals surface area contributed by atoms with Crippen LogP contribution in [0.1, 0.15) is 19.8 Å². The highest BCUT2D eigenvalue weighted by atomic mass is 16.4. The third-order valence-corrected chi connectivity index (χ3v) is 1.36. The largest absolute Gasteiger partial charge is 0.481 e. The first-order valence-corrected chi connectivity index (χ1v) is 3.69. The Kier molecular flexibility index (Phi) is 5.03. The Morgan fingerprint density at radius 3 is 2.08 bits per heavy atom. The summed E-state index contributed by atoms with van der Waals surface area (Å²) in [5.41, 5.74) is 0. The van der Waals surface area contributed by atoms with E-state index in [2.05, 4.69) is 5.32 Å². The maximum absolute atomic E-state index is 10.1. The second-order valence-electron chi connectivity index (χ2n) is 2.51. The van der Waals surface area contributed by atoms with Gasteiger partial charge in [-0.25, -0.2) is 0 Å². The number of hydrogen-bond donors (Lipinski definition) is 3. The summed E-state index contributed by atoms with van der Waals surface area (Å²) in [6, 6.07) is -0.269. The summed E-state index contributed by atoms with van der Waals surface area (Å²) in [5, 5.41) is 18.6. The molecule has 0 aromatic heterocycles. The van der Waals surface area contributed by atoms with E-state index in [1.54, 1.807) is 0 Å². The first kappa shape index (κ1) is 10.9. The van der Waals surface area contributed by atoms with Gasteiger partial charge in [0.2, 0.25) is 0 Å². The molecule has 0 amide bonds. The molecule has 1 aliphatic rings. The van der Waals surface area contributed by atoms with Crippen molar-refractivity contribution in [2.24, 2.45) is 0 Å². The van der Waals surface area contributed by atoms with Gasteiger partial charge in [0.05, 0.1) is 0 Å². The van der Waals surface area contributed by atoms with Crippen molar-refractivity contribution in [3.8, 4) is 0 Å². The summed E-state index contributed by atoms with van der Waals surface area (Å²) in [4.78, 5) is 19.1. The molecule has 0 bridgehead atoms. The smallest absolute Gasteiger partial charge is 0.320 e. The molecule has 1 rings (SSSR count). The SMILES string of the molecule is CC(=O)O.O=C(O)[C@@H]1CCCN1. The quantitative estimate of drug-likeness (QED) is 0.518. The molecule has 5 heteroatoms. The van der Waals surface area contributed by atoms with Crippen molar-refractivity contribution in [2.75, 3.05) is 6.54 Å². The zero-order chi connectivity index (χ0) is 9.56. The molecular weight excluding hydrogens is 162 g/mol. The summed E-state index contributed by atoms with van der Waals surface area (Å²) in [7, 11) is 0. The minimum atomic E-state index is -0.833. The average molecular weight is 175 g/mol. The number of aliphatic carboxylic acids is 2. The van der Waals surface area contributed by atoms with E-state index in [1.807, 2.05) is 0 Å². The van der Waals surface area contributed by atoms with Crippen LogP contribution in [0.5, 0.6) is 0 Å². The molecule has 0 aliphatic carbocycles. The molecule has 0 aromatic carbocycles. The van der Waals surface area contributed by atoms with Crippen molar-refractivity contribution >= 4 is 11.9 Å². The van der Waals surface area contributed by atoms with E-state index >= 15 is 0 Å². The zero-order valence-corrected chi connectivity index (χ0v) is 6.91. The minimum absolute atomic E-state index is 0.269. The first-order chi connectivity index (χ1) is 5.54. The van der Waals surface area contributed by atoms with Crippen molar-refractivity contribution in [3.05, 3.63) is 0 Å². The van der Waals surface area contributed by atoms with Gasteiger partial charge in [-0.15, -0.1) is 0 Å². The van der Waals surface area contributed by atoms with Crippen LogP contribution in [-0.2, 0) is 9.59 Å². The van der Waals surface area contributed by atoms with Gasteiger partial charge in [0.25, 0.3) is 5.97 Å². The van der Waals surface area contributed by atoms with Gasteiger partial charge >= 0.3 is 5.97 Å². The molecule has 1 heterocycles. The number of rotatable bonds is 1. The Bertz CT molecular complexity index is 159. The second-order valence-corrected chi connectivity index (χ2v) is 2.51. The average Bonchev–Trinajstić information content (AvgIpc) is 2.34. The van der Waals surface area contributed by atoms with Crippen molar-refractivity contribution < 1.29 is 19.8 Å². The van der Waals surface area contributed by atoms with Gasteiger partial charge in [0, 0.05) is 6.92 Å². The molecule has 1 aliphatic heterocycles. The number of carboxylic acids is 2. The Morgan fingerprint density at radius 1 is 1.42 bits per heavy atom. The Labute approximate surface area is 70.4 Å². The van der Waals surface area contributed by atoms with Gasteiger partial charge in [0.1, 0.15) is 6.04 Å². The first-order valence-electron chi connectivity index (χ1n) is 3.69. The third kappa shape index (κ3) is 5.67. The normalized spacial score (nSPS) is 20.9. The molecule has 3 N–H and O–H groups in total. The number of carbonyl (C=O) groups is 2. The summed E-state index contributed by atoms with van der Waals surface area (Å²) >= 11 is 0. The van der Waals surface area contributed by atoms with Crippen molar-refractivity contribution in [1.29, 1.82) is 0 Å². The van der Waals surface area contributed by atoms with Crippen LogP contribution in [0.2, 0.25) is 0 Å². The summed E-state index contributed by atoms with van der Waals surface area (Å²) in [6.07, 6.45) is 1.78. The fraction of sp³-hybridized carbons (Fsp3) is 0.714. The van der Waals surface area contributed by atoms with E-state index in [-0.39, 0.29) is 6.04 Å². The fourth-order valence-electron chi connectivity index (χ4n) is 0.895. The highest BCUT2D eigenvalue weighted by molar-refractivity contribution is 5.73. The van der Waals surface area contributed by atoms with Gasteiger partial charge in [-0.3, -0.25) is 9.59 Å². The van der Waals surface area contributed by atoms with E-state index in [0.717, 1.165) is 26.3 Å². The summed E-state index contributed by atoms with van der Waals surface area (Å²) < 4.78 is 0. The molecule has 0 unspecified atom stereocenters. The van der Waals surface area contributed by atoms with Crippen molar-refractivity contribution in [1.82, 2.24) is 5.32 Å². The predicted octanol–water partition coefficient (Wildman–Crippen LogP) is -0.0861. The maximum atomic E-state index is 10.1. The lowest BCUT2D eigenvalue weighted by atomic mass is 10.2. The molecule has 1 atom stereocenters. The maximum Gasteiger partial charge on any atom is 0.320 e. The molecule has 5 nitrogen and oxygen atoms in total. The van der Waals surface area contributed by atoms with Crippen LogP contribution in [0.25, 0.3) is 0 Å². The van der Waals surface area contributed by atoms with E-state index in [4.69, 9.17) is 15.0 Å². The molecule has 12 heavy (non-hydrogen) atoms. The highest BCUT2D eigenvalue weighted by Crippen LogP contribution is 2.03. The lowest BCUT2D eigenvalue weighted by Gasteiger charge is -1.99. The number of nitrogens with one attached hydrogen (secondary N) is 1. The van der Waals surface area contributed by atoms with Crippen LogP contribution < -0.4 is 5.32 Å². The predicted molar refractivity (Wildman–Crippen MR) is 42.0 cm³/mol. The minimum Gasteiger partial charge on any atom is -0.481 e. The van der Waals surface area contributed by atoms with Gasteiger partial charge in [-0.05, 0) is 19.4 Å². The van der Waals surface area contributed by atoms with E-state index < -0.39 is 11.9 Å². The number of carboxylic acid groups (broad SMARTS) is 2. The Morgan fingerprint density at radius 2 is 1.92 bits per heavy atom. The lowest BCUT2D eigenvalue weighted by Crippen LogP contribution is -2.29. The van der Waals surface area contributed by atoms with Crippen LogP contribution in [-0.4, -0.2) is 34.7 Å². The summed E-state index contributed by atoms with van der Waals surface area (Å²) in [5.74, 6) is -1.55. The van der Waals surface area contributed by atoms with Crippen LogP contribution in [0.15, 0.2) is 0 Å². The molecule has 0 aromatic rings. The third-order valence-electron chi connectivity index (χ3n) is 1.36. The lowest BCUT2D eigenvalue weighted by molar-refractivity contribution is -0.139. The topological polar surface area (TPSA) is 86.6 Å². The van der Waals surface area contributed by atoms with Gasteiger partial charge < -0.3 is 15.5 Å². The monoisotopic (exact) mass is 175 g/mol. The molecular formula is C7H13NO4. The summed E-state index contributed by atoms with van der Waals surface area (Å²) in [6.45, 7) is 1.94. The standard InChI is InChI=1S/C5H9NO2.C2H4O2/c7-5(8)4-2-1-3-6-4;1-2(3)4/h4,6H,1-3H2,(H,7,8);1H3,(H,3,4)/t4-;/m0./s1. The van der Waals surface area contributed by atoms with Gasteiger partial charge in [0.15, 0.2) is 0 Å². The van der Waals surface area contributed by atoms with Gasteiger partial charge in [-0.2, -0.15) is 0 Å². The zero-order valence-electron chi connectivity index (χ0n) is 6.91. The van der Waals surface area contributed by atoms with Crippen LogP contribution in [0.3, 0.4) is 0 Å². The molecule has 0 radical (unpaired) electrons. The second kappa shape index (κ2) is 5.54. The Hall–Kier alpha value is -1.10. The molecule has 1 fully saturated rings.